The minimum atomic E-state index is -0.0697. The normalized spacial score (nSPS) is 14.2. The largest absolute Gasteiger partial charge is 0.350 e. The number of fused-ring (bicyclic) bond motifs is 1. The standard InChI is InChI=1S/C13H16N2O2/c1-8(2)14-13(17)10-3-5-11-9(7-10)4-6-12(16)15-11/h3,5,7-8H,4,6H2,1-2H3,(H,14,17)(H,15,16). The van der Waals surface area contributed by atoms with Crippen LogP contribution in [0.15, 0.2) is 18.2 Å². The van der Waals surface area contributed by atoms with Crippen LogP contribution in [0.1, 0.15) is 36.2 Å². The SMILES string of the molecule is CC(C)NC(=O)c1ccc2c(c1)CCC(=O)N2. The number of amides is 2. The van der Waals surface area contributed by atoms with E-state index in [0.717, 1.165) is 11.3 Å². The van der Waals surface area contributed by atoms with Crippen molar-refractivity contribution < 1.29 is 9.59 Å². The summed E-state index contributed by atoms with van der Waals surface area (Å²) < 4.78 is 0. The number of hydrogen-bond acceptors (Lipinski definition) is 2. The second kappa shape index (κ2) is 4.57. The van der Waals surface area contributed by atoms with Crippen molar-refractivity contribution in [1.82, 2.24) is 5.32 Å². The van der Waals surface area contributed by atoms with Gasteiger partial charge in [0.1, 0.15) is 0 Å². The molecule has 0 radical (unpaired) electrons. The predicted molar refractivity (Wildman–Crippen MR) is 66.0 cm³/mol. The minimum Gasteiger partial charge on any atom is -0.350 e. The quantitative estimate of drug-likeness (QED) is 0.815. The van der Waals surface area contributed by atoms with Gasteiger partial charge in [-0.1, -0.05) is 0 Å². The smallest absolute Gasteiger partial charge is 0.251 e. The molecule has 0 spiro atoms. The zero-order valence-corrected chi connectivity index (χ0v) is 10.0. The Balaban J connectivity index is 2.22. The fraction of sp³-hybridized carbons (Fsp3) is 0.385. The van der Waals surface area contributed by atoms with Gasteiger partial charge >= 0.3 is 0 Å². The van der Waals surface area contributed by atoms with Crippen LogP contribution in [-0.2, 0) is 11.2 Å². The molecule has 1 aromatic carbocycles. The van der Waals surface area contributed by atoms with Gasteiger partial charge in [0, 0.05) is 23.7 Å². The monoisotopic (exact) mass is 232 g/mol. The van der Waals surface area contributed by atoms with E-state index in [9.17, 15) is 9.59 Å². The van der Waals surface area contributed by atoms with E-state index >= 15 is 0 Å². The molecule has 0 atom stereocenters. The van der Waals surface area contributed by atoms with Crippen LogP contribution in [0.25, 0.3) is 0 Å². The number of hydrogen-bond donors (Lipinski definition) is 2. The van der Waals surface area contributed by atoms with Crippen molar-refractivity contribution in [3.05, 3.63) is 29.3 Å². The lowest BCUT2D eigenvalue weighted by Crippen LogP contribution is -2.30. The van der Waals surface area contributed by atoms with E-state index in [4.69, 9.17) is 0 Å². The average molecular weight is 232 g/mol. The van der Waals surface area contributed by atoms with Crippen molar-refractivity contribution in [2.75, 3.05) is 5.32 Å². The van der Waals surface area contributed by atoms with Crippen molar-refractivity contribution >= 4 is 17.5 Å². The van der Waals surface area contributed by atoms with E-state index in [1.165, 1.54) is 0 Å². The lowest BCUT2D eigenvalue weighted by atomic mass is 10.00. The molecule has 4 nitrogen and oxygen atoms in total. The predicted octanol–water partition coefficient (Wildman–Crippen LogP) is 1.71. The molecule has 4 heteroatoms. The minimum absolute atomic E-state index is 0.0388. The van der Waals surface area contributed by atoms with Crippen LogP contribution in [0, 0.1) is 0 Å². The van der Waals surface area contributed by atoms with Crippen LogP contribution in [0.4, 0.5) is 5.69 Å². The number of carbonyl (C=O) groups is 2. The summed E-state index contributed by atoms with van der Waals surface area (Å²) in [4.78, 5) is 23.0. The Kier molecular flexibility index (Phi) is 3.13. The number of anilines is 1. The fourth-order valence-corrected chi connectivity index (χ4v) is 1.87. The summed E-state index contributed by atoms with van der Waals surface area (Å²) in [5, 5.41) is 5.64. The molecular formula is C13H16N2O2. The summed E-state index contributed by atoms with van der Waals surface area (Å²) in [7, 11) is 0. The third kappa shape index (κ3) is 2.64. The summed E-state index contributed by atoms with van der Waals surface area (Å²) in [6.07, 6.45) is 1.19. The highest BCUT2D eigenvalue weighted by Crippen LogP contribution is 2.23. The topological polar surface area (TPSA) is 58.2 Å². The maximum atomic E-state index is 11.8. The second-order valence-corrected chi connectivity index (χ2v) is 4.55. The highest BCUT2D eigenvalue weighted by atomic mass is 16.2. The van der Waals surface area contributed by atoms with E-state index in [1.54, 1.807) is 12.1 Å². The summed E-state index contributed by atoms with van der Waals surface area (Å²) in [5.74, 6) is -0.0309. The Bertz CT molecular complexity index is 466. The van der Waals surface area contributed by atoms with Crippen LogP contribution in [0.3, 0.4) is 0 Å². The van der Waals surface area contributed by atoms with Crippen molar-refractivity contribution in [2.24, 2.45) is 0 Å². The zero-order valence-electron chi connectivity index (χ0n) is 10.0. The Morgan fingerprint density at radius 2 is 2.12 bits per heavy atom. The van der Waals surface area contributed by atoms with Crippen molar-refractivity contribution in [3.8, 4) is 0 Å². The van der Waals surface area contributed by atoms with E-state index < -0.39 is 0 Å². The van der Waals surface area contributed by atoms with Gasteiger partial charge in [-0.25, -0.2) is 0 Å². The van der Waals surface area contributed by atoms with Gasteiger partial charge in [0.15, 0.2) is 0 Å². The molecule has 17 heavy (non-hydrogen) atoms. The molecule has 2 amide bonds. The first-order valence-corrected chi connectivity index (χ1v) is 5.80. The average Bonchev–Trinajstić information content (AvgIpc) is 2.27. The Morgan fingerprint density at radius 3 is 2.82 bits per heavy atom. The summed E-state index contributed by atoms with van der Waals surface area (Å²) in [5.41, 5.74) is 2.50. The lowest BCUT2D eigenvalue weighted by molar-refractivity contribution is -0.116. The van der Waals surface area contributed by atoms with Crippen LogP contribution in [-0.4, -0.2) is 17.9 Å². The van der Waals surface area contributed by atoms with Crippen LogP contribution in [0.5, 0.6) is 0 Å². The van der Waals surface area contributed by atoms with Crippen molar-refractivity contribution in [3.63, 3.8) is 0 Å². The number of nitrogens with one attached hydrogen (secondary N) is 2. The number of benzene rings is 1. The third-order valence-corrected chi connectivity index (χ3v) is 2.68. The molecule has 1 heterocycles. The van der Waals surface area contributed by atoms with Crippen LogP contribution >= 0.6 is 0 Å². The van der Waals surface area contributed by atoms with Crippen LogP contribution < -0.4 is 10.6 Å². The van der Waals surface area contributed by atoms with Crippen molar-refractivity contribution in [1.29, 1.82) is 0 Å². The van der Waals surface area contributed by atoms with Gasteiger partial charge in [-0.2, -0.15) is 0 Å². The van der Waals surface area contributed by atoms with E-state index in [2.05, 4.69) is 10.6 Å². The molecule has 0 saturated heterocycles. The van der Waals surface area contributed by atoms with Gasteiger partial charge in [-0.3, -0.25) is 9.59 Å². The Morgan fingerprint density at radius 1 is 1.35 bits per heavy atom. The van der Waals surface area contributed by atoms with E-state index in [-0.39, 0.29) is 17.9 Å². The van der Waals surface area contributed by atoms with Gasteiger partial charge in [-0.05, 0) is 44.0 Å². The summed E-state index contributed by atoms with van der Waals surface area (Å²) in [6, 6.07) is 5.51. The second-order valence-electron chi connectivity index (χ2n) is 4.55. The summed E-state index contributed by atoms with van der Waals surface area (Å²) >= 11 is 0. The summed E-state index contributed by atoms with van der Waals surface area (Å²) in [6.45, 7) is 3.85. The molecule has 0 bridgehead atoms. The van der Waals surface area contributed by atoms with E-state index in [1.807, 2.05) is 19.9 Å². The number of carbonyl (C=O) groups excluding carboxylic acids is 2. The molecule has 2 rings (SSSR count). The first kappa shape index (κ1) is 11.6. The molecule has 0 fully saturated rings. The first-order chi connectivity index (χ1) is 8.06. The highest BCUT2D eigenvalue weighted by molar-refractivity contribution is 5.98. The molecule has 1 aromatic rings. The first-order valence-electron chi connectivity index (χ1n) is 5.80. The number of rotatable bonds is 2. The molecule has 0 unspecified atom stereocenters. The molecule has 2 N–H and O–H groups in total. The maximum absolute atomic E-state index is 11.8. The Hall–Kier alpha value is -1.84. The fourth-order valence-electron chi connectivity index (χ4n) is 1.87. The number of aryl methyl sites for hydroxylation is 1. The van der Waals surface area contributed by atoms with Gasteiger partial charge in [0.2, 0.25) is 5.91 Å². The van der Waals surface area contributed by atoms with Gasteiger partial charge < -0.3 is 10.6 Å². The lowest BCUT2D eigenvalue weighted by Gasteiger charge is -2.17. The van der Waals surface area contributed by atoms with Gasteiger partial charge in [-0.15, -0.1) is 0 Å². The molecule has 1 aliphatic rings. The van der Waals surface area contributed by atoms with Crippen molar-refractivity contribution in [2.45, 2.75) is 32.7 Å². The molecule has 0 saturated carbocycles. The van der Waals surface area contributed by atoms with Crippen LogP contribution in [0.2, 0.25) is 0 Å². The Labute approximate surface area is 100 Å². The molecule has 0 aliphatic carbocycles. The van der Waals surface area contributed by atoms with Gasteiger partial charge in [0.25, 0.3) is 5.91 Å². The highest BCUT2D eigenvalue weighted by Gasteiger charge is 2.16. The maximum Gasteiger partial charge on any atom is 0.251 e. The zero-order chi connectivity index (χ0) is 12.4. The third-order valence-electron chi connectivity index (χ3n) is 2.68. The molecule has 0 aromatic heterocycles. The molecule has 1 aliphatic heterocycles. The van der Waals surface area contributed by atoms with E-state index in [0.29, 0.717) is 18.4 Å². The molecule has 90 valence electrons. The van der Waals surface area contributed by atoms with Gasteiger partial charge in [0.05, 0.1) is 0 Å². The molecular weight excluding hydrogens is 216 g/mol.